The van der Waals surface area contributed by atoms with Gasteiger partial charge in [-0.2, -0.15) is 0 Å². The van der Waals surface area contributed by atoms with Crippen LogP contribution in [0, 0.1) is 6.92 Å². The topological polar surface area (TPSA) is 0 Å². The van der Waals surface area contributed by atoms with Gasteiger partial charge in [-0.3, -0.25) is 0 Å². The first kappa shape index (κ1) is 7.60. The van der Waals surface area contributed by atoms with Crippen molar-refractivity contribution in [3.63, 3.8) is 0 Å². The third kappa shape index (κ3) is 1.08. The highest BCUT2D eigenvalue weighted by Crippen LogP contribution is 2.28. The minimum absolute atomic E-state index is 1.17. The number of hydrogen-bond acceptors (Lipinski definition) is 0. The van der Waals surface area contributed by atoms with Crippen LogP contribution in [0.15, 0.2) is 23.8 Å². The lowest BCUT2D eigenvalue weighted by Crippen LogP contribution is -1.85. The largest absolute Gasteiger partial charge is 0.0655 e. The van der Waals surface area contributed by atoms with Crippen molar-refractivity contribution in [3.8, 4) is 0 Å². The highest BCUT2D eigenvalue weighted by Gasteiger charge is 2.11. The lowest BCUT2D eigenvalue weighted by molar-refractivity contribution is 1.04. The molecule has 0 saturated carbocycles. The molecule has 0 spiro atoms. The van der Waals surface area contributed by atoms with E-state index in [1.54, 1.807) is 5.57 Å². The second kappa shape index (κ2) is 2.78. The summed E-state index contributed by atoms with van der Waals surface area (Å²) in [7, 11) is 0. The lowest BCUT2D eigenvalue weighted by Gasteiger charge is -2.00. The summed E-state index contributed by atoms with van der Waals surface area (Å²) in [6, 6.07) is 6.58. The van der Waals surface area contributed by atoms with Crippen LogP contribution in [0.4, 0.5) is 0 Å². The Bertz CT molecular complexity index is 332. The maximum atomic E-state index is 2.35. The fourth-order valence-corrected chi connectivity index (χ4v) is 1.83. The molecular formula is C12H14. The first-order chi connectivity index (χ1) is 5.81. The van der Waals surface area contributed by atoms with Gasteiger partial charge in [-0.1, -0.05) is 36.8 Å². The van der Waals surface area contributed by atoms with Crippen molar-refractivity contribution in [1.29, 1.82) is 0 Å². The minimum Gasteiger partial charge on any atom is -0.0655 e. The molecule has 0 radical (unpaired) electrons. The second-order valence-electron chi connectivity index (χ2n) is 3.48. The van der Waals surface area contributed by atoms with Gasteiger partial charge in [0, 0.05) is 0 Å². The number of fused-ring (bicyclic) bond motifs is 1. The van der Waals surface area contributed by atoms with E-state index in [0.717, 1.165) is 0 Å². The predicted molar refractivity (Wildman–Crippen MR) is 53.2 cm³/mol. The van der Waals surface area contributed by atoms with E-state index in [4.69, 9.17) is 0 Å². The van der Waals surface area contributed by atoms with E-state index < -0.39 is 0 Å². The molecule has 62 valence electrons. The zero-order valence-corrected chi connectivity index (χ0v) is 7.72. The van der Waals surface area contributed by atoms with Crippen molar-refractivity contribution in [2.75, 3.05) is 0 Å². The molecule has 0 atom stereocenters. The number of aryl methyl sites for hydroxylation is 1. The highest BCUT2D eigenvalue weighted by atomic mass is 14.2. The van der Waals surface area contributed by atoms with Crippen LogP contribution in [0.5, 0.6) is 0 Å². The summed E-state index contributed by atoms with van der Waals surface area (Å²) in [6.07, 6.45) is 4.71. The Hall–Kier alpha value is -1.04. The third-order valence-corrected chi connectivity index (χ3v) is 2.63. The normalized spacial score (nSPS) is 14.3. The Kier molecular flexibility index (Phi) is 1.76. The monoisotopic (exact) mass is 158 g/mol. The molecule has 12 heavy (non-hydrogen) atoms. The molecule has 0 nitrogen and oxygen atoms in total. The smallest absolute Gasteiger partial charge is 0.00578 e. The van der Waals surface area contributed by atoms with Gasteiger partial charge in [0.25, 0.3) is 0 Å². The summed E-state index contributed by atoms with van der Waals surface area (Å²) >= 11 is 0. The average Bonchev–Trinajstić information content (AvgIpc) is 2.49. The Labute approximate surface area is 73.9 Å². The fourth-order valence-electron chi connectivity index (χ4n) is 1.83. The molecule has 0 aromatic heterocycles. The summed E-state index contributed by atoms with van der Waals surface area (Å²) in [5.74, 6) is 0. The van der Waals surface area contributed by atoms with E-state index in [9.17, 15) is 0 Å². The Morgan fingerprint density at radius 3 is 2.83 bits per heavy atom. The van der Waals surface area contributed by atoms with Crippen molar-refractivity contribution >= 4 is 6.08 Å². The van der Waals surface area contributed by atoms with Gasteiger partial charge in [-0.15, -0.1) is 0 Å². The summed E-state index contributed by atoms with van der Waals surface area (Å²) < 4.78 is 0. The molecule has 0 heterocycles. The van der Waals surface area contributed by atoms with E-state index in [0.29, 0.717) is 0 Å². The van der Waals surface area contributed by atoms with Crippen LogP contribution < -0.4 is 0 Å². The molecular weight excluding hydrogens is 144 g/mol. The van der Waals surface area contributed by atoms with E-state index in [-0.39, 0.29) is 0 Å². The van der Waals surface area contributed by atoms with Crippen molar-refractivity contribution < 1.29 is 0 Å². The third-order valence-electron chi connectivity index (χ3n) is 2.63. The SMILES string of the molecule is CCC1=Cc2c(C)cccc2C1. The minimum atomic E-state index is 1.17. The van der Waals surface area contributed by atoms with Crippen LogP contribution in [-0.4, -0.2) is 0 Å². The number of rotatable bonds is 1. The van der Waals surface area contributed by atoms with E-state index in [1.165, 1.54) is 29.5 Å². The quantitative estimate of drug-likeness (QED) is 0.588. The molecule has 0 saturated heterocycles. The number of allylic oxidation sites excluding steroid dienone is 1. The maximum Gasteiger partial charge on any atom is -0.00578 e. The molecule has 0 N–H and O–H groups in total. The highest BCUT2D eigenvalue weighted by molar-refractivity contribution is 5.66. The van der Waals surface area contributed by atoms with Gasteiger partial charge in [0.2, 0.25) is 0 Å². The van der Waals surface area contributed by atoms with Crippen molar-refractivity contribution in [1.82, 2.24) is 0 Å². The first-order valence-electron chi connectivity index (χ1n) is 4.59. The molecule has 1 aliphatic carbocycles. The average molecular weight is 158 g/mol. The molecule has 1 aliphatic rings. The first-order valence-corrected chi connectivity index (χ1v) is 4.59. The number of hydrogen-bond donors (Lipinski definition) is 0. The number of benzene rings is 1. The van der Waals surface area contributed by atoms with Crippen LogP contribution in [-0.2, 0) is 6.42 Å². The van der Waals surface area contributed by atoms with Gasteiger partial charge >= 0.3 is 0 Å². The Morgan fingerprint density at radius 2 is 2.17 bits per heavy atom. The molecule has 0 bridgehead atoms. The van der Waals surface area contributed by atoms with Crippen LogP contribution in [0.3, 0.4) is 0 Å². The van der Waals surface area contributed by atoms with Gasteiger partial charge in [0.15, 0.2) is 0 Å². The van der Waals surface area contributed by atoms with E-state index >= 15 is 0 Å². The summed E-state index contributed by atoms with van der Waals surface area (Å²) in [5.41, 5.74) is 5.96. The van der Waals surface area contributed by atoms with Crippen LogP contribution >= 0.6 is 0 Å². The molecule has 1 aromatic carbocycles. The molecule has 0 unspecified atom stereocenters. The van der Waals surface area contributed by atoms with Gasteiger partial charge in [0.05, 0.1) is 0 Å². The molecule has 0 heteroatoms. The maximum absolute atomic E-state index is 2.35. The summed E-state index contributed by atoms with van der Waals surface area (Å²) in [5, 5.41) is 0. The van der Waals surface area contributed by atoms with Gasteiger partial charge in [0.1, 0.15) is 0 Å². The second-order valence-corrected chi connectivity index (χ2v) is 3.48. The van der Waals surface area contributed by atoms with Gasteiger partial charge in [-0.25, -0.2) is 0 Å². The Balaban J connectivity index is 2.48. The molecule has 0 amide bonds. The predicted octanol–water partition coefficient (Wildman–Crippen LogP) is 3.34. The van der Waals surface area contributed by atoms with Crippen molar-refractivity contribution in [2.45, 2.75) is 26.7 Å². The molecule has 0 fully saturated rings. The molecule has 0 aliphatic heterocycles. The standard InChI is InChI=1S/C12H14/c1-3-10-7-11-6-4-5-9(2)12(11)8-10/h4-6,8H,3,7H2,1-2H3. The Morgan fingerprint density at radius 1 is 1.33 bits per heavy atom. The lowest BCUT2D eigenvalue weighted by atomic mass is 10.0. The van der Waals surface area contributed by atoms with Crippen LogP contribution in [0.1, 0.15) is 30.0 Å². The molecule has 2 rings (SSSR count). The zero-order valence-electron chi connectivity index (χ0n) is 7.72. The van der Waals surface area contributed by atoms with Gasteiger partial charge < -0.3 is 0 Å². The molecule has 1 aromatic rings. The van der Waals surface area contributed by atoms with Crippen molar-refractivity contribution in [3.05, 3.63) is 40.5 Å². The fraction of sp³-hybridized carbons (Fsp3) is 0.333. The van der Waals surface area contributed by atoms with Gasteiger partial charge in [-0.05, 0) is 36.5 Å². The van der Waals surface area contributed by atoms with Crippen molar-refractivity contribution in [2.24, 2.45) is 0 Å². The van der Waals surface area contributed by atoms with E-state index in [2.05, 4.69) is 38.1 Å². The van der Waals surface area contributed by atoms with E-state index in [1.807, 2.05) is 0 Å². The van der Waals surface area contributed by atoms with Crippen LogP contribution in [0.25, 0.3) is 6.08 Å². The summed E-state index contributed by atoms with van der Waals surface area (Å²) in [6.45, 7) is 4.42. The summed E-state index contributed by atoms with van der Waals surface area (Å²) in [4.78, 5) is 0. The zero-order chi connectivity index (χ0) is 8.55. The van der Waals surface area contributed by atoms with Crippen LogP contribution in [0.2, 0.25) is 0 Å².